The lowest BCUT2D eigenvalue weighted by molar-refractivity contribution is 0.132. The van der Waals surface area contributed by atoms with Gasteiger partial charge in [0, 0.05) is 12.1 Å². The van der Waals surface area contributed by atoms with Crippen LogP contribution in [0.2, 0.25) is 5.02 Å². The van der Waals surface area contributed by atoms with Crippen molar-refractivity contribution in [1.82, 2.24) is 9.78 Å². The Morgan fingerprint density at radius 2 is 1.74 bits per heavy atom. The van der Waals surface area contributed by atoms with Gasteiger partial charge in [-0.2, -0.15) is 5.10 Å². The van der Waals surface area contributed by atoms with E-state index in [1.807, 2.05) is 38.2 Å². The predicted molar refractivity (Wildman–Crippen MR) is 105 cm³/mol. The highest BCUT2D eigenvalue weighted by Crippen LogP contribution is 2.27. The van der Waals surface area contributed by atoms with Crippen molar-refractivity contribution in [3.8, 4) is 17.4 Å². The summed E-state index contributed by atoms with van der Waals surface area (Å²) in [6.45, 7) is 2.24. The standard InChI is InChI=1S/C20H20ClN3O3/c1-14-19(12-22-26-13-15-4-8-17(25-3)9-5-15)20(24(2)23-14)27-18-10-6-16(21)7-11-18/h4-12H,13H2,1-3H3/b22-12+. The first-order valence-electron chi connectivity index (χ1n) is 8.32. The largest absolute Gasteiger partial charge is 0.497 e. The first-order valence-corrected chi connectivity index (χ1v) is 8.70. The Hall–Kier alpha value is -2.99. The van der Waals surface area contributed by atoms with Gasteiger partial charge in [0.25, 0.3) is 0 Å². The van der Waals surface area contributed by atoms with Crippen molar-refractivity contribution in [3.63, 3.8) is 0 Å². The number of oxime groups is 1. The number of hydrogen-bond donors (Lipinski definition) is 0. The lowest BCUT2D eigenvalue weighted by Gasteiger charge is -2.07. The first kappa shape index (κ1) is 18.8. The molecular weight excluding hydrogens is 366 g/mol. The van der Waals surface area contributed by atoms with E-state index in [-0.39, 0.29) is 0 Å². The molecule has 0 spiro atoms. The highest BCUT2D eigenvalue weighted by Gasteiger charge is 2.14. The zero-order valence-corrected chi connectivity index (χ0v) is 16.1. The second kappa shape index (κ2) is 8.60. The van der Waals surface area contributed by atoms with Crippen LogP contribution >= 0.6 is 11.6 Å². The topological polar surface area (TPSA) is 57.9 Å². The number of aryl methyl sites for hydroxylation is 2. The first-order chi connectivity index (χ1) is 13.1. The molecule has 0 unspecified atom stereocenters. The molecule has 0 saturated heterocycles. The second-order valence-corrected chi connectivity index (χ2v) is 6.28. The van der Waals surface area contributed by atoms with Crippen molar-refractivity contribution in [3.05, 3.63) is 70.4 Å². The van der Waals surface area contributed by atoms with Crippen LogP contribution in [0.5, 0.6) is 17.4 Å². The molecule has 0 atom stereocenters. The molecule has 3 rings (SSSR count). The third-order valence-corrected chi connectivity index (χ3v) is 4.14. The number of halogens is 1. The molecule has 0 amide bonds. The molecule has 0 N–H and O–H groups in total. The fourth-order valence-corrected chi connectivity index (χ4v) is 2.59. The summed E-state index contributed by atoms with van der Waals surface area (Å²) < 4.78 is 12.7. The zero-order valence-electron chi connectivity index (χ0n) is 15.3. The number of rotatable bonds is 7. The molecule has 0 aliphatic carbocycles. The van der Waals surface area contributed by atoms with E-state index in [9.17, 15) is 0 Å². The molecule has 27 heavy (non-hydrogen) atoms. The van der Waals surface area contributed by atoms with Crippen LogP contribution in [-0.4, -0.2) is 23.1 Å². The monoisotopic (exact) mass is 385 g/mol. The number of ether oxygens (including phenoxy) is 2. The van der Waals surface area contributed by atoms with E-state index >= 15 is 0 Å². The number of aromatic nitrogens is 2. The van der Waals surface area contributed by atoms with Gasteiger partial charge in [-0.25, -0.2) is 4.68 Å². The van der Waals surface area contributed by atoms with E-state index in [4.69, 9.17) is 25.9 Å². The van der Waals surface area contributed by atoms with Gasteiger partial charge in [-0.1, -0.05) is 28.9 Å². The van der Waals surface area contributed by atoms with Crippen LogP contribution in [0.15, 0.2) is 53.7 Å². The molecule has 2 aromatic carbocycles. The maximum atomic E-state index is 5.94. The summed E-state index contributed by atoms with van der Waals surface area (Å²) in [5, 5.41) is 9.10. The van der Waals surface area contributed by atoms with Gasteiger partial charge in [-0.05, 0) is 48.9 Å². The zero-order chi connectivity index (χ0) is 19.2. The Morgan fingerprint density at radius 3 is 2.41 bits per heavy atom. The summed E-state index contributed by atoms with van der Waals surface area (Å²) in [6, 6.07) is 14.8. The number of hydrogen-bond acceptors (Lipinski definition) is 5. The van der Waals surface area contributed by atoms with E-state index < -0.39 is 0 Å². The Balaban J connectivity index is 1.68. The Morgan fingerprint density at radius 1 is 1.07 bits per heavy atom. The molecule has 0 aliphatic heterocycles. The molecule has 0 radical (unpaired) electrons. The molecule has 0 bridgehead atoms. The van der Waals surface area contributed by atoms with Crippen LogP contribution in [0.1, 0.15) is 16.8 Å². The smallest absolute Gasteiger partial charge is 0.226 e. The molecule has 7 heteroatoms. The highest BCUT2D eigenvalue weighted by molar-refractivity contribution is 6.30. The summed E-state index contributed by atoms with van der Waals surface area (Å²) in [5.41, 5.74) is 2.54. The van der Waals surface area contributed by atoms with Gasteiger partial charge < -0.3 is 14.3 Å². The summed E-state index contributed by atoms with van der Waals surface area (Å²) in [4.78, 5) is 5.40. The van der Waals surface area contributed by atoms with Gasteiger partial charge in [-0.15, -0.1) is 0 Å². The van der Waals surface area contributed by atoms with Gasteiger partial charge in [-0.3, -0.25) is 0 Å². The molecule has 1 aromatic heterocycles. The van der Waals surface area contributed by atoms with Crippen molar-refractivity contribution >= 4 is 17.8 Å². The minimum atomic E-state index is 0.354. The van der Waals surface area contributed by atoms with Crippen molar-refractivity contribution in [2.24, 2.45) is 12.2 Å². The Bertz CT molecular complexity index is 919. The highest BCUT2D eigenvalue weighted by atomic mass is 35.5. The fourth-order valence-electron chi connectivity index (χ4n) is 2.46. The van der Waals surface area contributed by atoms with Crippen LogP contribution in [0.3, 0.4) is 0 Å². The molecule has 140 valence electrons. The minimum absolute atomic E-state index is 0.354. The quantitative estimate of drug-likeness (QED) is 0.435. The van der Waals surface area contributed by atoms with Crippen LogP contribution < -0.4 is 9.47 Å². The average Bonchev–Trinajstić information content (AvgIpc) is 2.94. The van der Waals surface area contributed by atoms with Crippen molar-refractivity contribution in [2.75, 3.05) is 7.11 Å². The molecule has 6 nitrogen and oxygen atoms in total. The fraction of sp³-hybridized carbons (Fsp3) is 0.200. The van der Waals surface area contributed by atoms with E-state index in [1.54, 1.807) is 42.3 Å². The van der Waals surface area contributed by atoms with E-state index in [0.717, 1.165) is 22.6 Å². The third kappa shape index (κ3) is 4.80. The van der Waals surface area contributed by atoms with Crippen LogP contribution in [0, 0.1) is 6.92 Å². The molecule has 0 aliphatic rings. The predicted octanol–water partition coefficient (Wildman–Crippen LogP) is 4.73. The summed E-state index contributed by atoms with van der Waals surface area (Å²) >= 11 is 5.92. The van der Waals surface area contributed by atoms with Crippen LogP contribution in [0.25, 0.3) is 0 Å². The molecule has 0 fully saturated rings. The van der Waals surface area contributed by atoms with Gasteiger partial charge in [0.2, 0.25) is 5.88 Å². The van der Waals surface area contributed by atoms with E-state index in [1.165, 1.54) is 0 Å². The number of benzene rings is 2. The lowest BCUT2D eigenvalue weighted by Crippen LogP contribution is -1.97. The summed E-state index contributed by atoms with van der Waals surface area (Å²) in [7, 11) is 3.45. The lowest BCUT2D eigenvalue weighted by atomic mass is 10.2. The SMILES string of the molecule is COc1ccc(CO/N=C/c2c(C)nn(C)c2Oc2ccc(Cl)cc2)cc1. The minimum Gasteiger partial charge on any atom is -0.497 e. The van der Waals surface area contributed by atoms with Crippen molar-refractivity contribution < 1.29 is 14.3 Å². The third-order valence-electron chi connectivity index (χ3n) is 3.89. The average molecular weight is 386 g/mol. The number of nitrogens with zero attached hydrogens (tertiary/aromatic N) is 3. The molecular formula is C20H20ClN3O3. The molecule has 0 saturated carbocycles. The summed E-state index contributed by atoms with van der Waals surface area (Å²) in [6.07, 6.45) is 1.61. The van der Waals surface area contributed by atoms with Crippen LogP contribution in [-0.2, 0) is 18.5 Å². The Labute approximate surface area is 162 Å². The van der Waals surface area contributed by atoms with Crippen molar-refractivity contribution in [2.45, 2.75) is 13.5 Å². The molecule has 3 aromatic rings. The second-order valence-electron chi connectivity index (χ2n) is 5.84. The van der Waals surface area contributed by atoms with Gasteiger partial charge in [0.1, 0.15) is 18.1 Å². The van der Waals surface area contributed by atoms with E-state index in [2.05, 4.69) is 10.3 Å². The Kier molecular flexibility index (Phi) is 5.98. The summed E-state index contributed by atoms with van der Waals surface area (Å²) in [5.74, 6) is 2.04. The van der Waals surface area contributed by atoms with E-state index in [0.29, 0.717) is 23.3 Å². The van der Waals surface area contributed by atoms with Crippen molar-refractivity contribution in [1.29, 1.82) is 0 Å². The van der Waals surface area contributed by atoms with Gasteiger partial charge >= 0.3 is 0 Å². The molecule has 1 heterocycles. The van der Waals surface area contributed by atoms with Crippen LogP contribution in [0.4, 0.5) is 0 Å². The maximum absolute atomic E-state index is 5.94. The number of methoxy groups -OCH3 is 1. The normalized spacial score (nSPS) is 11.0. The van der Waals surface area contributed by atoms with Gasteiger partial charge in [0.05, 0.1) is 24.6 Å². The van der Waals surface area contributed by atoms with Gasteiger partial charge in [0.15, 0.2) is 0 Å². The maximum Gasteiger partial charge on any atom is 0.226 e.